The second-order valence-corrected chi connectivity index (χ2v) is 27.9. The number of thiol groups is 1. The minimum atomic E-state index is -4.02. The van der Waals surface area contributed by atoms with E-state index in [2.05, 4.69) is 32.3 Å². The van der Waals surface area contributed by atoms with Crippen LogP contribution in [-0.2, 0) is 44.6 Å². The summed E-state index contributed by atoms with van der Waals surface area (Å²) in [7, 11) is -8.03. The summed E-state index contributed by atoms with van der Waals surface area (Å²) in [5.74, 6) is -1.12. The largest absolute Gasteiger partial charge is 0.337 e. The molecule has 5 fully saturated rings. The number of amides is 4. The second kappa shape index (κ2) is 23.0. The van der Waals surface area contributed by atoms with Crippen LogP contribution in [0, 0.1) is 5.41 Å². The van der Waals surface area contributed by atoms with Crippen molar-refractivity contribution in [3.63, 3.8) is 0 Å². The standard InChI is InChI=1S/C49H66Cl2N8O8S5/c1-4-52-27-35-26-49(32-59(35)44(61)30-57-23-7-10-38(47(57)63)54-72(66,67)45-16-12-39(69-45)33(2)11-14-41(50)68)21-25-55(31-49)28-34-8-5-24-58(34)43(60)29-56-22-6-9-37(46(56)62)53-71(64,65)36-17-19-48(3,20-18-36)40-13-15-42(51)70-40/h11-19,34-35,37-38,52-54,68H,4-10,20-32H2,1-3H3/b33-11+,41-14-/t34-,35-,37-,38-,48?,49?/m0/s1. The SMILES string of the molecule is CCNC[C@@H]1CC2(CCN(C[C@@H]3CCCN3C(=O)CN3CCC[C@H](NS(=O)(=O)C4=CCC(C)(c5ccc(Cl)s5)C=C4)C3=O)C2)CN1C(=O)CN1CCC[C@H](NS(=O)(=O)c2ccc(/C(C)=C/C=C(\S)Cl)s2)C1=O. The van der Waals surface area contributed by atoms with Gasteiger partial charge in [0, 0.05) is 78.5 Å². The van der Waals surface area contributed by atoms with E-state index < -0.39 is 43.9 Å². The third-order valence-corrected chi connectivity index (χ3v) is 21.5. The first-order valence-electron chi connectivity index (χ1n) is 24.8. The fourth-order valence-corrected chi connectivity index (χ4v) is 16.3. The van der Waals surface area contributed by atoms with Gasteiger partial charge < -0.3 is 29.8 Å². The van der Waals surface area contributed by atoms with E-state index >= 15 is 0 Å². The summed E-state index contributed by atoms with van der Waals surface area (Å²) in [6.45, 7) is 11.1. The first kappa shape index (κ1) is 55.2. The summed E-state index contributed by atoms with van der Waals surface area (Å²) in [6, 6.07) is 4.92. The zero-order valence-electron chi connectivity index (χ0n) is 41.0. The number of allylic oxidation sites excluding steroid dienone is 6. The maximum atomic E-state index is 14.3. The number of nitrogens with one attached hydrogen (secondary N) is 3. The summed E-state index contributed by atoms with van der Waals surface area (Å²) in [5.41, 5.74) is 0.255. The van der Waals surface area contributed by atoms with Crippen molar-refractivity contribution in [2.24, 2.45) is 5.41 Å². The van der Waals surface area contributed by atoms with Crippen LogP contribution in [0.15, 0.2) is 68.1 Å². The van der Waals surface area contributed by atoms with Crippen molar-refractivity contribution >= 4 is 108 Å². The molecule has 3 N–H and O–H groups in total. The van der Waals surface area contributed by atoms with E-state index in [4.69, 9.17) is 23.2 Å². The average Bonchev–Trinajstić information content (AvgIpc) is 4.20. The third-order valence-electron chi connectivity index (χ3n) is 15.1. The molecule has 0 bridgehead atoms. The molecule has 6 atom stereocenters. The summed E-state index contributed by atoms with van der Waals surface area (Å²) >= 11 is 18.6. The van der Waals surface area contributed by atoms with Crippen LogP contribution in [0.2, 0.25) is 4.34 Å². The number of nitrogens with zero attached hydrogens (tertiary/aromatic N) is 5. The molecule has 7 heterocycles. The van der Waals surface area contributed by atoms with Crippen molar-refractivity contribution < 1.29 is 36.0 Å². The van der Waals surface area contributed by atoms with Gasteiger partial charge in [0.15, 0.2) is 0 Å². The molecule has 4 amide bonds. The zero-order valence-corrected chi connectivity index (χ0v) is 46.7. The second-order valence-electron chi connectivity index (χ2n) is 20.3. The number of hydrogen-bond donors (Lipinski definition) is 4. The van der Waals surface area contributed by atoms with Gasteiger partial charge in [-0.1, -0.05) is 55.3 Å². The lowest BCUT2D eigenvalue weighted by Crippen LogP contribution is -2.55. The number of rotatable bonds is 18. The molecule has 72 heavy (non-hydrogen) atoms. The molecule has 6 aliphatic rings. The molecule has 5 saturated heterocycles. The molecule has 8 rings (SSSR count). The van der Waals surface area contributed by atoms with Crippen LogP contribution in [0.3, 0.4) is 0 Å². The average molecular weight is 1130 g/mol. The van der Waals surface area contributed by atoms with Gasteiger partial charge in [0.1, 0.15) is 16.3 Å². The summed E-state index contributed by atoms with van der Waals surface area (Å²) in [6.07, 6.45) is 14.1. The Balaban J connectivity index is 0.835. The number of halogens is 2. The highest BCUT2D eigenvalue weighted by Crippen LogP contribution is 2.44. The van der Waals surface area contributed by atoms with E-state index in [1.807, 2.05) is 48.8 Å². The van der Waals surface area contributed by atoms with Crippen LogP contribution in [0.5, 0.6) is 0 Å². The Kier molecular flexibility index (Phi) is 17.6. The van der Waals surface area contributed by atoms with E-state index in [9.17, 15) is 36.0 Å². The van der Waals surface area contributed by atoms with Crippen LogP contribution >= 0.6 is 58.5 Å². The Morgan fingerprint density at radius 1 is 0.847 bits per heavy atom. The Morgan fingerprint density at radius 2 is 1.51 bits per heavy atom. The van der Waals surface area contributed by atoms with E-state index in [-0.39, 0.29) is 56.9 Å². The van der Waals surface area contributed by atoms with Crippen molar-refractivity contribution in [2.45, 2.75) is 112 Å². The molecular formula is C49H66Cl2N8O8S5. The molecular weight excluding hydrogens is 1060 g/mol. The lowest BCUT2D eigenvalue weighted by molar-refractivity contribution is -0.143. The van der Waals surface area contributed by atoms with Crippen molar-refractivity contribution in [1.82, 2.24) is 39.3 Å². The molecule has 2 aromatic rings. The van der Waals surface area contributed by atoms with E-state index in [0.29, 0.717) is 80.1 Å². The number of sulfonamides is 2. The van der Waals surface area contributed by atoms with Crippen molar-refractivity contribution in [3.8, 4) is 0 Å². The highest BCUT2D eigenvalue weighted by Gasteiger charge is 2.50. The molecule has 1 aliphatic carbocycles. The van der Waals surface area contributed by atoms with Crippen molar-refractivity contribution in [3.05, 3.63) is 78.0 Å². The molecule has 2 aromatic heterocycles. The Labute approximate surface area is 447 Å². The number of hydrogen-bond acceptors (Lipinski definition) is 13. The Bertz CT molecular complexity index is 2740. The Morgan fingerprint density at radius 3 is 2.14 bits per heavy atom. The van der Waals surface area contributed by atoms with Crippen LogP contribution in [0.1, 0.15) is 88.3 Å². The first-order valence-corrected chi connectivity index (χ1v) is 30.6. The topological polar surface area (TPSA) is 189 Å². The van der Waals surface area contributed by atoms with Crippen LogP contribution in [0.25, 0.3) is 5.57 Å². The number of carbonyl (C=O) groups is 4. The highest BCUT2D eigenvalue weighted by molar-refractivity contribution is 7.93. The maximum Gasteiger partial charge on any atom is 0.250 e. The third kappa shape index (κ3) is 12.8. The molecule has 0 saturated carbocycles. The quantitative estimate of drug-likeness (QED) is 0.106. The number of carbonyl (C=O) groups excluding carboxylic acids is 4. The zero-order chi connectivity index (χ0) is 51.6. The van der Waals surface area contributed by atoms with E-state index in [1.165, 1.54) is 27.2 Å². The normalized spacial score (nSPS) is 28.0. The van der Waals surface area contributed by atoms with Gasteiger partial charge >= 0.3 is 0 Å². The Hall–Kier alpha value is -3.09. The molecule has 394 valence electrons. The first-order chi connectivity index (χ1) is 34.2. The lowest BCUT2D eigenvalue weighted by atomic mass is 9.82. The summed E-state index contributed by atoms with van der Waals surface area (Å²) in [5, 5.41) is 3.43. The molecule has 2 unspecified atom stereocenters. The predicted octanol–water partition coefficient (Wildman–Crippen LogP) is 5.75. The lowest BCUT2D eigenvalue weighted by Gasteiger charge is -2.35. The number of piperidine rings is 2. The van der Waals surface area contributed by atoms with Gasteiger partial charge in [-0.15, -0.1) is 35.3 Å². The van der Waals surface area contributed by atoms with Crippen LogP contribution in [0.4, 0.5) is 0 Å². The number of likely N-dealkylation sites (N-methyl/N-ethyl adjacent to an activating group) is 1. The maximum absolute atomic E-state index is 14.3. The van der Waals surface area contributed by atoms with Gasteiger partial charge in [-0.25, -0.2) is 16.8 Å². The minimum absolute atomic E-state index is 0.0436. The van der Waals surface area contributed by atoms with Crippen molar-refractivity contribution in [1.29, 1.82) is 0 Å². The fourth-order valence-electron chi connectivity index (χ4n) is 11.2. The number of thiophene rings is 2. The molecule has 23 heteroatoms. The smallest absolute Gasteiger partial charge is 0.250 e. The molecule has 0 radical (unpaired) electrons. The van der Waals surface area contributed by atoms with E-state index in [0.717, 1.165) is 72.0 Å². The minimum Gasteiger partial charge on any atom is -0.337 e. The van der Waals surface area contributed by atoms with Crippen LogP contribution < -0.4 is 14.8 Å². The van der Waals surface area contributed by atoms with Gasteiger partial charge in [-0.05, 0) is 120 Å². The molecule has 0 aromatic carbocycles. The summed E-state index contributed by atoms with van der Waals surface area (Å²) in [4.78, 5) is 66.9. The van der Waals surface area contributed by atoms with Gasteiger partial charge in [-0.2, -0.15) is 9.44 Å². The van der Waals surface area contributed by atoms with Crippen molar-refractivity contribution in [2.75, 3.05) is 72.0 Å². The monoisotopic (exact) mass is 1120 g/mol. The van der Waals surface area contributed by atoms with Crippen LogP contribution in [-0.4, -0.2) is 161 Å². The van der Waals surface area contributed by atoms with Gasteiger partial charge in [0.25, 0.3) is 10.0 Å². The van der Waals surface area contributed by atoms with E-state index in [1.54, 1.807) is 30.4 Å². The molecule has 1 spiro atoms. The molecule has 16 nitrogen and oxygen atoms in total. The molecule has 5 aliphatic heterocycles. The number of likely N-dealkylation sites (tertiary alicyclic amines) is 5. The predicted molar refractivity (Wildman–Crippen MR) is 288 cm³/mol. The summed E-state index contributed by atoms with van der Waals surface area (Å²) < 4.78 is 60.5. The van der Waals surface area contributed by atoms with Gasteiger partial charge in [0.05, 0.1) is 26.7 Å². The van der Waals surface area contributed by atoms with Gasteiger partial charge in [0.2, 0.25) is 33.7 Å². The highest BCUT2D eigenvalue weighted by atomic mass is 35.5. The fraction of sp³-hybridized carbons (Fsp3) is 0.592. The van der Waals surface area contributed by atoms with Gasteiger partial charge in [-0.3, -0.25) is 19.2 Å².